The summed E-state index contributed by atoms with van der Waals surface area (Å²) in [4.78, 5) is 31.7. The summed E-state index contributed by atoms with van der Waals surface area (Å²) in [6.45, 7) is 2.24. The molecular formula is C11H12N4O2. The van der Waals surface area contributed by atoms with Crippen LogP contribution in [0, 0.1) is 0 Å². The number of pyridine rings is 1. The van der Waals surface area contributed by atoms with Gasteiger partial charge in [0, 0.05) is 19.8 Å². The number of aromatic nitrogens is 3. The highest BCUT2D eigenvalue weighted by Crippen LogP contribution is 2.04. The van der Waals surface area contributed by atoms with Gasteiger partial charge in [0.15, 0.2) is 11.3 Å². The summed E-state index contributed by atoms with van der Waals surface area (Å²) >= 11 is 0. The summed E-state index contributed by atoms with van der Waals surface area (Å²) in [6, 6.07) is 3.42. The van der Waals surface area contributed by atoms with Crippen LogP contribution in [0.15, 0.2) is 23.1 Å². The Labute approximate surface area is 97.3 Å². The quantitative estimate of drug-likeness (QED) is 0.795. The van der Waals surface area contributed by atoms with E-state index in [1.807, 2.05) is 0 Å². The molecule has 0 aliphatic heterocycles. The second-order valence-electron chi connectivity index (χ2n) is 3.53. The molecule has 0 aromatic carbocycles. The molecule has 0 spiro atoms. The molecule has 2 heterocycles. The molecule has 0 saturated heterocycles. The molecule has 0 unspecified atom stereocenters. The van der Waals surface area contributed by atoms with E-state index in [1.165, 1.54) is 4.57 Å². The zero-order valence-corrected chi connectivity index (χ0v) is 9.60. The second kappa shape index (κ2) is 4.32. The topological polar surface area (TPSA) is 76.9 Å². The number of hydrogen-bond acceptors (Lipinski definition) is 4. The molecule has 88 valence electrons. The van der Waals surface area contributed by atoms with Crippen molar-refractivity contribution in [3.63, 3.8) is 0 Å². The first kappa shape index (κ1) is 11.3. The van der Waals surface area contributed by atoms with Gasteiger partial charge >= 0.3 is 0 Å². The maximum atomic E-state index is 11.9. The first-order chi connectivity index (χ1) is 8.15. The van der Waals surface area contributed by atoms with E-state index in [4.69, 9.17) is 0 Å². The van der Waals surface area contributed by atoms with Gasteiger partial charge in [-0.3, -0.25) is 14.2 Å². The van der Waals surface area contributed by atoms with Crippen LogP contribution < -0.4 is 10.9 Å². The summed E-state index contributed by atoms with van der Waals surface area (Å²) in [5.74, 6) is -0.459. The Morgan fingerprint density at radius 2 is 2.29 bits per heavy atom. The lowest BCUT2D eigenvalue weighted by Gasteiger charge is -2.06. The molecule has 1 N–H and O–H groups in total. The number of carbonyl (C=O) groups is 1. The smallest absolute Gasteiger partial charge is 0.283 e. The average molecular weight is 232 g/mol. The molecule has 0 aliphatic rings. The maximum absolute atomic E-state index is 11.9. The van der Waals surface area contributed by atoms with Crippen LogP contribution in [0.25, 0.3) is 11.2 Å². The highest BCUT2D eigenvalue weighted by molar-refractivity contribution is 5.93. The van der Waals surface area contributed by atoms with Crippen LogP contribution in [-0.4, -0.2) is 27.0 Å². The molecule has 6 nitrogen and oxygen atoms in total. The van der Waals surface area contributed by atoms with Crippen molar-refractivity contribution in [2.75, 3.05) is 6.54 Å². The van der Waals surface area contributed by atoms with Crippen molar-refractivity contribution in [2.24, 2.45) is 7.05 Å². The van der Waals surface area contributed by atoms with Crippen LogP contribution in [-0.2, 0) is 7.05 Å². The number of aryl methyl sites for hydroxylation is 1. The van der Waals surface area contributed by atoms with Crippen molar-refractivity contribution in [3.8, 4) is 0 Å². The first-order valence-corrected chi connectivity index (χ1v) is 5.25. The fourth-order valence-corrected chi connectivity index (χ4v) is 1.55. The van der Waals surface area contributed by atoms with E-state index in [0.717, 1.165) is 0 Å². The van der Waals surface area contributed by atoms with Gasteiger partial charge in [-0.2, -0.15) is 0 Å². The number of fused-ring (bicyclic) bond motifs is 1. The zero-order valence-electron chi connectivity index (χ0n) is 9.60. The second-order valence-corrected chi connectivity index (χ2v) is 3.53. The fraction of sp³-hybridized carbons (Fsp3) is 0.273. The predicted molar refractivity (Wildman–Crippen MR) is 62.8 cm³/mol. The molecule has 0 fully saturated rings. The molecular weight excluding hydrogens is 220 g/mol. The highest BCUT2D eigenvalue weighted by atomic mass is 16.2. The van der Waals surface area contributed by atoms with Crippen LogP contribution in [0.5, 0.6) is 0 Å². The van der Waals surface area contributed by atoms with E-state index >= 15 is 0 Å². The van der Waals surface area contributed by atoms with Gasteiger partial charge in [-0.25, -0.2) is 9.97 Å². The van der Waals surface area contributed by atoms with Gasteiger partial charge < -0.3 is 5.32 Å². The van der Waals surface area contributed by atoms with Gasteiger partial charge in [-0.05, 0) is 19.1 Å². The summed E-state index contributed by atoms with van der Waals surface area (Å²) in [6.07, 6.45) is 1.58. The van der Waals surface area contributed by atoms with Gasteiger partial charge in [0.2, 0.25) is 0 Å². The van der Waals surface area contributed by atoms with E-state index in [-0.39, 0.29) is 5.69 Å². The van der Waals surface area contributed by atoms with E-state index in [2.05, 4.69) is 15.3 Å². The van der Waals surface area contributed by atoms with Gasteiger partial charge in [0.25, 0.3) is 11.5 Å². The summed E-state index contributed by atoms with van der Waals surface area (Å²) in [5.41, 5.74) is 0.443. The minimum absolute atomic E-state index is 0.102. The van der Waals surface area contributed by atoms with Crippen molar-refractivity contribution in [2.45, 2.75) is 6.92 Å². The van der Waals surface area contributed by atoms with Crippen LogP contribution in [0.4, 0.5) is 0 Å². The van der Waals surface area contributed by atoms with E-state index in [9.17, 15) is 9.59 Å². The van der Waals surface area contributed by atoms with Crippen LogP contribution >= 0.6 is 0 Å². The Kier molecular flexibility index (Phi) is 2.86. The van der Waals surface area contributed by atoms with Gasteiger partial charge in [-0.15, -0.1) is 0 Å². The number of rotatable bonds is 2. The molecule has 2 rings (SSSR count). The Bertz CT molecular complexity index is 633. The first-order valence-electron chi connectivity index (χ1n) is 5.25. The number of amides is 1. The summed E-state index contributed by atoms with van der Waals surface area (Å²) in [7, 11) is 1.57. The van der Waals surface area contributed by atoms with Gasteiger partial charge in [0.1, 0.15) is 5.52 Å². The molecule has 0 aliphatic carbocycles. The largest absolute Gasteiger partial charge is 0.351 e. The van der Waals surface area contributed by atoms with Crippen molar-refractivity contribution in [3.05, 3.63) is 34.4 Å². The third-order valence-electron chi connectivity index (χ3n) is 2.38. The number of hydrogen-bond donors (Lipinski definition) is 1. The molecule has 0 radical (unpaired) electrons. The summed E-state index contributed by atoms with van der Waals surface area (Å²) in [5, 5.41) is 2.56. The SMILES string of the molecule is CCNC(=O)c1nc2cccnc2n(C)c1=O. The van der Waals surface area contributed by atoms with E-state index in [0.29, 0.717) is 17.7 Å². The van der Waals surface area contributed by atoms with Crippen LogP contribution in [0.2, 0.25) is 0 Å². The van der Waals surface area contributed by atoms with Crippen LogP contribution in [0.1, 0.15) is 17.4 Å². The number of nitrogens with one attached hydrogen (secondary N) is 1. The molecule has 6 heteroatoms. The molecule has 0 bridgehead atoms. The van der Waals surface area contributed by atoms with Gasteiger partial charge in [-0.1, -0.05) is 0 Å². The highest BCUT2D eigenvalue weighted by Gasteiger charge is 2.15. The standard InChI is InChI=1S/C11H12N4O2/c1-3-12-10(16)8-11(17)15(2)9-7(14-8)5-4-6-13-9/h4-6H,3H2,1-2H3,(H,12,16). The van der Waals surface area contributed by atoms with Crippen molar-refractivity contribution in [1.29, 1.82) is 0 Å². The van der Waals surface area contributed by atoms with Crippen LogP contribution in [0.3, 0.4) is 0 Å². The van der Waals surface area contributed by atoms with Gasteiger partial charge in [0.05, 0.1) is 0 Å². The minimum atomic E-state index is -0.459. The van der Waals surface area contributed by atoms with E-state index in [1.54, 1.807) is 32.3 Å². The maximum Gasteiger partial charge on any atom is 0.283 e. The molecule has 2 aromatic heterocycles. The average Bonchev–Trinajstić information content (AvgIpc) is 2.34. The minimum Gasteiger partial charge on any atom is -0.351 e. The molecule has 0 saturated carbocycles. The number of carbonyl (C=O) groups excluding carboxylic acids is 1. The van der Waals surface area contributed by atoms with Crippen molar-refractivity contribution >= 4 is 17.1 Å². The predicted octanol–water partition coefficient (Wildman–Crippen LogP) is 0.0782. The fourth-order valence-electron chi connectivity index (χ4n) is 1.55. The molecule has 1 amide bonds. The normalized spacial score (nSPS) is 10.5. The molecule has 0 atom stereocenters. The third kappa shape index (κ3) is 1.89. The number of nitrogens with zero attached hydrogens (tertiary/aromatic N) is 3. The van der Waals surface area contributed by atoms with E-state index < -0.39 is 11.5 Å². The monoisotopic (exact) mass is 232 g/mol. The van der Waals surface area contributed by atoms with Crippen molar-refractivity contribution in [1.82, 2.24) is 19.9 Å². The Balaban J connectivity index is 2.70. The molecule has 2 aromatic rings. The lowest BCUT2D eigenvalue weighted by Crippen LogP contribution is -2.33. The summed E-state index contributed by atoms with van der Waals surface area (Å²) < 4.78 is 1.33. The Morgan fingerprint density at radius 1 is 1.53 bits per heavy atom. The Morgan fingerprint density at radius 3 is 3.00 bits per heavy atom. The lowest BCUT2D eigenvalue weighted by atomic mass is 10.3. The Hall–Kier alpha value is -2.24. The lowest BCUT2D eigenvalue weighted by molar-refractivity contribution is 0.0949. The molecule has 17 heavy (non-hydrogen) atoms. The third-order valence-corrected chi connectivity index (χ3v) is 2.38. The van der Waals surface area contributed by atoms with Crippen molar-refractivity contribution < 1.29 is 4.79 Å². The zero-order chi connectivity index (χ0) is 12.4.